The molecule has 0 bridgehead atoms. The molecule has 1 aliphatic rings. The molecule has 1 atom stereocenters. The zero-order valence-electron chi connectivity index (χ0n) is 11.6. The van der Waals surface area contributed by atoms with Gasteiger partial charge >= 0.3 is 0 Å². The molecule has 1 aliphatic heterocycles. The highest BCUT2D eigenvalue weighted by molar-refractivity contribution is 5.70. The molecule has 2 aromatic heterocycles. The topological polar surface area (TPSA) is 61.7 Å². The third-order valence-corrected chi connectivity index (χ3v) is 3.80. The van der Waals surface area contributed by atoms with Crippen molar-refractivity contribution in [3.63, 3.8) is 0 Å². The van der Waals surface area contributed by atoms with E-state index in [2.05, 4.69) is 23.5 Å². The summed E-state index contributed by atoms with van der Waals surface area (Å²) in [6.45, 7) is 6.33. The molecule has 0 amide bonds. The molecule has 0 saturated carbocycles. The molecule has 3 rings (SSSR count). The summed E-state index contributed by atoms with van der Waals surface area (Å²) in [6.07, 6.45) is 7.20. The third kappa shape index (κ3) is 2.13. The van der Waals surface area contributed by atoms with E-state index in [0.29, 0.717) is 5.92 Å². The first-order valence-corrected chi connectivity index (χ1v) is 7.06. The summed E-state index contributed by atoms with van der Waals surface area (Å²) in [7, 11) is 0. The molecule has 2 aromatic rings. The molecule has 3 heterocycles. The fraction of sp³-hybridized carbons (Fsp3) is 0.571. The van der Waals surface area contributed by atoms with Gasteiger partial charge < -0.3 is 10.3 Å². The maximum Gasteiger partial charge on any atom is 0.131 e. The van der Waals surface area contributed by atoms with Crippen LogP contribution in [0.4, 0.5) is 5.82 Å². The predicted octanol–water partition coefficient (Wildman–Crippen LogP) is 2.32. The molecule has 102 valence electrons. The fourth-order valence-corrected chi connectivity index (χ4v) is 2.74. The largest absolute Gasteiger partial charge is 0.383 e. The molecule has 0 spiro atoms. The number of aromatic nitrogens is 4. The standard InChI is InChI=1S/C14H21N5/c1-3-6-18-9-11(7-16-18)13-14(15)19-8-10(2)4-5-12(19)17-13/h7,9-10H,3-6,8,15H2,1-2H3. The average molecular weight is 259 g/mol. The summed E-state index contributed by atoms with van der Waals surface area (Å²) in [4.78, 5) is 4.71. The van der Waals surface area contributed by atoms with Crippen molar-refractivity contribution in [2.45, 2.75) is 46.2 Å². The van der Waals surface area contributed by atoms with Gasteiger partial charge in [-0.25, -0.2) is 4.98 Å². The van der Waals surface area contributed by atoms with Gasteiger partial charge in [0.15, 0.2) is 0 Å². The van der Waals surface area contributed by atoms with E-state index in [4.69, 9.17) is 10.7 Å². The number of aryl methyl sites for hydroxylation is 2. The van der Waals surface area contributed by atoms with E-state index < -0.39 is 0 Å². The summed E-state index contributed by atoms with van der Waals surface area (Å²) in [6, 6.07) is 0. The minimum Gasteiger partial charge on any atom is -0.383 e. The summed E-state index contributed by atoms with van der Waals surface area (Å²) >= 11 is 0. The van der Waals surface area contributed by atoms with E-state index in [1.54, 1.807) is 0 Å². The lowest BCUT2D eigenvalue weighted by atomic mass is 10.0. The maximum atomic E-state index is 6.27. The van der Waals surface area contributed by atoms with Crippen LogP contribution >= 0.6 is 0 Å². The van der Waals surface area contributed by atoms with Crippen molar-refractivity contribution in [2.24, 2.45) is 5.92 Å². The van der Waals surface area contributed by atoms with Gasteiger partial charge in [0.1, 0.15) is 17.3 Å². The number of hydrogen-bond acceptors (Lipinski definition) is 3. The van der Waals surface area contributed by atoms with Crippen molar-refractivity contribution in [3.8, 4) is 11.3 Å². The summed E-state index contributed by atoms with van der Waals surface area (Å²) < 4.78 is 4.12. The number of anilines is 1. The van der Waals surface area contributed by atoms with Crippen LogP contribution in [0.25, 0.3) is 11.3 Å². The van der Waals surface area contributed by atoms with Crippen LogP contribution in [0, 0.1) is 5.92 Å². The van der Waals surface area contributed by atoms with Gasteiger partial charge in [0.05, 0.1) is 6.20 Å². The number of rotatable bonds is 3. The fourth-order valence-electron chi connectivity index (χ4n) is 2.74. The summed E-state index contributed by atoms with van der Waals surface area (Å²) in [5.41, 5.74) is 8.19. The van der Waals surface area contributed by atoms with Gasteiger partial charge in [-0.2, -0.15) is 5.10 Å². The summed E-state index contributed by atoms with van der Waals surface area (Å²) in [5.74, 6) is 2.59. The van der Waals surface area contributed by atoms with Crippen LogP contribution in [0.3, 0.4) is 0 Å². The van der Waals surface area contributed by atoms with Crippen molar-refractivity contribution in [3.05, 3.63) is 18.2 Å². The number of fused-ring (bicyclic) bond motifs is 1. The highest BCUT2D eigenvalue weighted by Gasteiger charge is 2.22. The van der Waals surface area contributed by atoms with Crippen LogP contribution in [0.1, 0.15) is 32.5 Å². The molecule has 19 heavy (non-hydrogen) atoms. The van der Waals surface area contributed by atoms with Crippen LogP contribution in [0.2, 0.25) is 0 Å². The molecule has 5 nitrogen and oxygen atoms in total. The molecule has 0 aliphatic carbocycles. The highest BCUT2D eigenvalue weighted by atomic mass is 15.3. The molecule has 5 heteroatoms. The van der Waals surface area contributed by atoms with Gasteiger partial charge in [-0.05, 0) is 18.8 Å². The maximum absolute atomic E-state index is 6.27. The Morgan fingerprint density at radius 2 is 2.32 bits per heavy atom. The molecule has 2 N–H and O–H groups in total. The first kappa shape index (κ1) is 12.3. The molecule has 0 fully saturated rings. The molecule has 0 saturated heterocycles. The van der Waals surface area contributed by atoms with Crippen molar-refractivity contribution in [1.82, 2.24) is 19.3 Å². The average Bonchev–Trinajstić information content (AvgIpc) is 2.96. The number of nitrogens with two attached hydrogens (primary N) is 1. The first-order valence-electron chi connectivity index (χ1n) is 7.06. The smallest absolute Gasteiger partial charge is 0.131 e. The second kappa shape index (κ2) is 4.72. The number of hydrogen-bond donors (Lipinski definition) is 1. The van der Waals surface area contributed by atoms with Crippen LogP contribution in [0.15, 0.2) is 12.4 Å². The van der Waals surface area contributed by atoms with Gasteiger partial charge in [0.25, 0.3) is 0 Å². The Hall–Kier alpha value is -1.78. The Balaban J connectivity index is 1.96. The summed E-state index contributed by atoms with van der Waals surface area (Å²) in [5, 5.41) is 4.36. The SMILES string of the molecule is CCCn1cc(-c2nc3n(c2N)CC(C)CC3)cn1. The van der Waals surface area contributed by atoms with Crippen LogP contribution in [-0.4, -0.2) is 19.3 Å². The number of nitrogens with zero attached hydrogens (tertiary/aromatic N) is 4. The normalized spacial score (nSPS) is 18.5. The Bertz CT molecular complexity index is 581. The van der Waals surface area contributed by atoms with Crippen LogP contribution in [-0.2, 0) is 19.5 Å². The number of imidazole rings is 1. The van der Waals surface area contributed by atoms with E-state index in [-0.39, 0.29) is 0 Å². The first-order chi connectivity index (χ1) is 9.19. The van der Waals surface area contributed by atoms with Crippen molar-refractivity contribution < 1.29 is 0 Å². The van der Waals surface area contributed by atoms with Gasteiger partial charge in [0, 0.05) is 31.3 Å². The van der Waals surface area contributed by atoms with Gasteiger partial charge in [-0.15, -0.1) is 0 Å². The molecule has 0 aromatic carbocycles. The predicted molar refractivity (Wildman–Crippen MR) is 75.6 cm³/mol. The lowest BCUT2D eigenvalue weighted by Gasteiger charge is -2.20. The van der Waals surface area contributed by atoms with Gasteiger partial charge in [0.2, 0.25) is 0 Å². The molecular formula is C14H21N5. The number of nitrogen functional groups attached to an aromatic ring is 1. The lowest BCUT2D eigenvalue weighted by Crippen LogP contribution is -2.19. The van der Waals surface area contributed by atoms with Crippen LogP contribution < -0.4 is 5.73 Å². The highest BCUT2D eigenvalue weighted by Crippen LogP contribution is 2.30. The molecular weight excluding hydrogens is 238 g/mol. The van der Waals surface area contributed by atoms with Crippen LogP contribution in [0.5, 0.6) is 0 Å². The van der Waals surface area contributed by atoms with Gasteiger partial charge in [-0.1, -0.05) is 13.8 Å². The molecule has 0 radical (unpaired) electrons. The Labute approximate surface area is 113 Å². The van der Waals surface area contributed by atoms with Gasteiger partial charge in [-0.3, -0.25) is 4.68 Å². The van der Waals surface area contributed by atoms with E-state index in [0.717, 1.165) is 48.8 Å². The van der Waals surface area contributed by atoms with Crippen molar-refractivity contribution in [1.29, 1.82) is 0 Å². The zero-order valence-corrected chi connectivity index (χ0v) is 11.6. The minimum atomic E-state index is 0.680. The third-order valence-electron chi connectivity index (χ3n) is 3.80. The van der Waals surface area contributed by atoms with E-state index >= 15 is 0 Å². The second-order valence-corrected chi connectivity index (χ2v) is 5.51. The van der Waals surface area contributed by atoms with Crippen molar-refractivity contribution >= 4 is 5.82 Å². The second-order valence-electron chi connectivity index (χ2n) is 5.51. The lowest BCUT2D eigenvalue weighted by molar-refractivity contribution is 0.397. The Kier molecular flexibility index (Phi) is 3.05. The van der Waals surface area contributed by atoms with E-state index in [9.17, 15) is 0 Å². The van der Waals surface area contributed by atoms with E-state index in [1.165, 1.54) is 6.42 Å². The Morgan fingerprint density at radius 3 is 3.11 bits per heavy atom. The zero-order chi connectivity index (χ0) is 13.4. The monoisotopic (exact) mass is 259 g/mol. The van der Waals surface area contributed by atoms with E-state index in [1.807, 2.05) is 17.1 Å². The van der Waals surface area contributed by atoms with Crippen molar-refractivity contribution in [2.75, 3.05) is 5.73 Å². The quantitative estimate of drug-likeness (QED) is 0.920. The Morgan fingerprint density at radius 1 is 1.47 bits per heavy atom. The molecule has 1 unspecified atom stereocenters. The minimum absolute atomic E-state index is 0.680.